The first-order valence-electron chi connectivity index (χ1n) is 22.8. The monoisotopic (exact) mass is 921 g/mol. The summed E-state index contributed by atoms with van der Waals surface area (Å²) in [7, 11) is 0. The molecule has 1 amide bonds. The van der Waals surface area contributed by atoms with Crippen molar-refractivity contribution in [1.82, 2.24) is 5.32 Å². The van der Waals surface area contributed by atoms with Gasteiger partial charge >= 0.3 is 29.8 Å². The number of aliphatic hydroxyl groups excluding tert-OH is 1. The summed E-state index contributed by atoms with van der Waals surface area (Å²) in [6.07, 6.45) is -7.98. The van der Waals surface area contributed by atoms with Crippen molar-refractivity contribution in [2.24, 2.45) is 22.7 Å². The number of Topliss-reactive ketones (excluding diaryl/α,β-unsaturated/α-hetero) is 1. The third-order valence-electron chi connectivity index (χ3n) is 14.8. The molecular formula is C52H59NO14. The second-order valence-electron chi connectivity index (χ2n) is 19.0. The van der Waals surface area contributed by atoms with Crippen molar-refractivity contribution in [3.05, 3.63) is 119 Å². The molecule has 7 rings (SSSR count). The number of aliphatic hydroxyl groups is 2. The van der Waals surface area contributed by atoms with Gasteiger partial charge in [0, 0.05) is 43.6 Å². The molecule has 11 atom stereocenters. The van der Waals surface area contributed by atoms with E-state index in [-0.39, 0.29) is 41.5 Å². The number of carbonyl (C=O) groups excluding carboxylic acids is 7. The zero-order valence-corrected chi connectivity index (χ0v) is 38.8. The molecule has 3 aromatic rings. The fraction of sp³-hybridized carbons (Fsp3) is 0.481. The Labute approximate surface area is 389 Å². The first-order valence-corrected chi connectivity index (χ1v) is 22.8. The Hall–Kier alpha value is -6.19. The number of amides is 1. The number of ether oxygens (including phenoxy) is 5. The molecule has 3 N–H and O–H groups in total. The standard InChI is InChI=1S/C52H59NO14/c1-8-18-38(57)65-42(40(32-19-12-9-13-20-32)53-46(59)33-21-14-10-15-22-33)48(61)64-36-28-52(62)45(66-47(60)34-23-16-11-17-24-34)43-50(7,37(56)27-35-25-26-51(35,43)67-31(4)55)44(58)41(63-30(3)54)39(29(36)2)49(52,5)6/h9-17,19-24,35-37,40-43,45,56,62H,8,18,25-28H2,1-7H3,(H,53,59)/t35-,36+,37+,40+,41-,42-,43?,45+,50-,51+,52-/m1/s1. The highest BCUT2D eigenvalue weighted by molar-refractivity contribution is 5.96. The van der Waals surface area contributed by atoms with E-state index in [1.165, 1.54) is 26.0 Å². The third kappa shape index (κ3) is 8.67. The number of benzene rings is 3. The van der Waals surface area contributed by atoms with Crippen molar-refractivity contribution in [1.29, 1.82) is 0 Å². The lowest BCUT2D eigenvalue weighted by molar-refractivity contribution is -0.296. The summed E-state index contributed by atoms with van der Waals surface area (Å²) in [5, 5.41) is 29.0. The molecule has 0 radical (unpaired) electrons. The molecule has 4 aliphatic carbocycles. The quantitative estimate of drug-likeness (QED) is 0.100. The van der Waals surface area contributed by atoms with Crippen molar-refractivity contribution in [2.75, 3.05) is 0 Å². The molecule has 67 heavy (non-hydrogen) atoms. The molecule has 3 saturated carbocycles. The van der Waals surface area contributed by atoms with Crippen LogP contribution in [0.5, 0.6) is 0 Å². The summed E-state index contributed by atoms with van der Waals surface area (Å²) >= 11 is 0. The lowest BCUT2D eigenvalue weighted by atomic mass is 9.41. The average Bonchev–Trinajstić information content (AvgIpc) is 3.29. The predicted octanol–water partition coefficient (Wildman–Crippen LogP) is 6.10. The van der Waals surface area contributed by atoms with Crippen molar-refractivity contribution >= 4 is 41.5 Å². The average molecular weight is 922 g/mol. The molecule has 15 nitrogen and oxygen atoms in total. The zero-order valence-electron chi connectivity index (χ0n) is 38.8. The van der Waals surface area contributed by atoms with Crippen LogP contribution in [0.25, 0.3) is 0 Å². The van der Waals surface area contributed by atoms with Gasteiger partial charge in [-0.2, -0.15) is 0 Å². The lowest BCUT2D eigenvalue weighted by Crippen LogP contribution is -2.78. The summed E-state index contributed by atoms with van der Waals surface area (Å²) < 4.78 is 31.0. The molecule has 0 spiro atoms. The SMILES string of the molecule is CCCC(=O)O[C@@H](C(=O)O[C@H]1C[C@@]2(O)[C@@H](OC(=O)c3ccccc3)C3[C@](C)(C(=O)[C@H](OC(C)=O)C(=C1C)C2(C)C)[C@@H](O)C[C@H]1CC[C@@]31OC(C)=O)[C@@H](NC(=O)c1ccccc1)c1ccccc1. The molecule has 15 heteroatoms. The topological polar surface area (TPSA) is 218 Å². The van der Waals surface area contributed by atoms with Crippen LogP contribution in [0.15, 0.2) is 102 Å². The second-order valence-corrected chi connectivity index (χ2v) is 19.0. The van der Waals surface area contributed by atoms with Crippen LogP contribution in [-0.4, -0.2) is 93.5 Å². The molecule has 2 bridgehead atoms. The molecule has 356 valence electrons. The Kier molecular flexibility index (Phi) is 13.7. The van der Waals surface area contributed by atoms with Gasteiger partial charge in [-0.25, -0.2) is 9.59 Å². The highest BCUT2D eigenvalue weighted by atomic mass is 16.6. The van der Waals surface area contributed by atoms with Crippen LogP contribution in [0.4, 0.5) is 0 Å². The van der Waals surface area contributed by atoms with E-state index in [1.54, 1.807) is 107 Å². The minimum atomic E-state index is -2.37. The van der Waals surface area contributed by atoms with Gasteiger partial charge in [-0.1, -0.05) is 87.5 Å². The zero-order chi connectivity index (χ0) is 48.6. The van der Waals surface area contributed by atoms with Gasteiger partial charge < -0.3 is 39.2 Å². The summed E-state index contributed by atoms with van der Waals surface area (Å²) in [5.41, 5.74) is -6.67. The highest BCUT2D eigenvalue weighted by Crippen LogP contribution is 2.67. The number of rotatable bonds is 13. The Morgan fingerprint density at radius 2 is 1.42 bits per heavy atom. The van der Waals surface area contributed by atoms with Gasteiger partial charge in [0.25, 0.3) is 5.91 Å². The van der Waals surface area contributed by atoms with Gasteiger partial charge in [-0.05, 0) is 80.5 Å². The first kappa shape index (κ1) is 48.7. The van der Waals surface area contributed by atoms with E-state index in [4.69, 9.17) is 23.7 Å². The van der Waals surface area contributed by atoms with Crippen molar-refractivity contribution < 1.29 is 67.5 Å². The summed E-state index contributed by atoms with van der Waals surface area (Å²) in [6.45, 7) is 10.3. The number of fused-ring (bicyclic) bond motifs is 5. The van der Waals surface area contributed by atoms with Crippen LogP contribution in [0.3, 0.4) is 0 Å². The lowest BCUT2D eigenvalue weighted by Gasteiger charge is -2.68. The van der Waals surface area contributed by atoms with Crippen molar-refractivity contribution in [3.63, 3.8) is 0 Å². The van der Waals surface area contributed by atoms with E-state index in [9.17, 15) is 34.2 Å². The number of esters is 5. The molecule has 4 aliphatic rings. The normalized spacial score (nSPS) is 30.3. The Bertz CT molecular complexity index is 2440. The van der Waals surface area contributed by atoms with Gasteiger partial charge in [-0.15, -0.1) is 0 Å². The molecular weight excluding hydrogens is 863 g/mol. The molecule has 1 unspecified atom stereocenters. The number of nitrogens with one attached hydrogen (secondary N) is 1. The maximum absolute atomic E-state index is 15.7. The number of hydrogen-bond acceptors (Lipinski definition) is 14. The Balaban J connectivity index is 1.42. The van der Waals surface area contributed by atoms with Crippen molar-refractivity contribution in [3.8, 4) is 0 Å². The summed E-state index contributed by atoms with van der Waals surface area (Å²) in [6, 6.07) is 23.2. The molecule has 0 saturated heterocycles. The largest absolute Gasteiger partial charge is 0.458 e. The summed E-state index contributed by atoms with van der Waals surface area (Å²) in [5.74, 6) is -7.80. The van der Waals surface area contributed by atoms with Gasteiger partial charge in [0.05, 0.1) is 23.0 Å². The van der Waals surface area contributed by atoms with E-state index in [2.05, 4.69) is 5.32 Å². The number of hydrogen-bond donors (Lipinski definition) is 3. The van der Waals surface area contributed by atoms with E-state index in [1.807, 2.05) is 0 Å². The van der Waals surface area contributed by atoms with Gasteiger partial charge in [-0.3, -0.25) is 24.0 Å². The molecule has 0 heterocycles. The molecule has 0 aliphatic heterocycles. The second kappa shape index (κ2) is 18.8. The van der Waals surface area contributed by atoms with E-state index in [0.29, 0.717) is 18.4 Å². The van der Waals surface area contributed by atoms with E-state index >= 15 is 9.59 Å². The number of carbonyl (C=O) groups is 7. The van der Waals surface area contributed by atoms with Gasteiger partial charge in [0.2, 0.25) is 6.10 Å². The Morgan fingerprint density at radius 1 is 0.821 bits per heavy atom. The van der Waals surface area contributed by atoms with Crippen LogP contribution in [0, 0.1) is 22.7 Å². The first-order chi connectivity index (χ1) is 31.7. The predicted molar refractivity (Wildman–Crippen MR) is 239 cm³/mol. The molecule has 0 aromatic heterocycles. The van der Waals surface area contributed by atoms with Gasteiger partial charge in [0.1, 0.15) is 29.5 Å². The minimum absolute atomic E-state index is 0.000214. The van der Waals surface area contributed by atoms with Crippen LogP contribution in [0.1, 0.15) is 119 Å². The van der Waals surface area contributed by atoms with E-state index in [0.717, 1.165) is 6.92 Å². The van der Waals surface area contributed by atoms with Crippen LogP contribution in [0.2, 0.25) is 0 Å². The van der Waals surface area contributed by atoms with E-state index < -0.39 is 118 Å². The van der Waals surface area contributed by atoms with Crippen molar-refractivity contribution in [2.45, 2.75) is 135 Å². The van der Waals surface area contributed by atoms with Crippen LogP contribution >= 0.6 is 0 Å². The maximum atomic E-state index is 15.7. The van der Waals surface area contributed by atoms with Crippen LogP contribution < -0.4 is 5.32 Å². The highest BCUT2D eigenvalue weighted by Gasteiger charge is 2.77. The number of ketones is 1. The van der Waals surface area contributed by atoms with Gasteiger partial charge in [0.15, 0.2) is 11.9 Å². The fourth-order valence-electron chi connectivity index (χ4n) is 11.2. The third-order valence-corrected chi connectivity index (χ3v) is 14.8. The fourth-order valence-corrected chi connectivity index (χ4v) is 11.2. The Morgan fingerprint density at radius 3 is 1.97 bits per heavy atom. The smallest absolute Gasteiger partial charge is 0.350 e. The van der Waals surface area contributed by atoms with Crippen LogP contribution in [-0.2, 0) is 47.7 Å². The minimum Gasteiger partial charge on any atom is -0.458 e. The maximum Gasteiger partial charge on any atom is 0.350 e. The summed E-state index contributed by atoms with van der Waals surface area (Å²) in [4.78, 5) is 98.7. The molecule has 3 aromatic carbocycles. The molecule has 3 fully saturated rings.